The molecule has 2 fully saturated rings. The fourth-order valence-corrected chi connectivity index (χ4v) is 4.50. The maximum absolute atomic E-state index is 13.1. The Morgan fingerprint density at radius 3 is 2.47 bits per heavy atom. The zero-order valence-electron chi connectivity index (χ0n) is 17.8. The zero-order valence-corrected chi connectivity index (χ0v) is 17.8. The van der Waals surface area contributed by atoms with E-state index in [0.717, 1.165) is 31.8 Å². The van der Waals surface area contributed by atoms with E-state index in [2.05, 4.69) is 20.9 Å². The molecule has 3 amide bonds. The highest BCUT2D eigenvalue weighted by atomic mass is 19.1. The fraction of sp³-hybridized carbons (Fsp3) is 0.652. The number of nitrogens with one attached hydrogen (secondary N) is 3. The summed E-state index contributed by atoms with van der Waals surface area (Å²) in [6, 6.07) is 6.05. The second-order valence-corrected chi connectivity index (χ2v) is 8.64. The highest BCUT2D eigenvalue weighted by Crippen LogP contribution is 2.25. The maximum atomic E-state index is 13.1. The van der Waals surface area contributed by atoms with Gasteiger partial charge in [-0.15, -0.1) is 0 Å². The van der Waals surface area contributed by atoms with Gasteiger partial charge in [-0.3, -0.25) is 4.79 Å². The monoisotopic (exact) mass is 418 g/mol. The molecule has 0 bridgehead atoms. The summed E-state index contributed by atoms with van der Waals surface area (Å²) in [6.45, 7) is 4.03. The van der Waals surface area contributed by atoms with Gasteiger partial charge in [0.25, 0.3) is 0 Å². The molecule has 7 heteroatoms. The third-order valence-corrected chi connectivity index (χ3v) is 6.15. The summed E-state index contributed by atoms with van der Waals surface area (Å²) in [5.74, 6) is 0.328. The molecule has 1 aliphatic carbocycles. The lowest BCUT2D eigenvalue weighted by atomic mass is 9.88. The summed E-state index contributed by atoms with van der Waals surface area (Å²) in [6.07, 6.45) is 9.02. The predicted octanol–water partition coefficient (Wildman–Crippen LogP) is 2.83. The molecule has 1 saturated carbocycles. The minimum absolute atomic E-state index is 0.128. The summed E-state index contributed by atoms with van der Waals surface area (Å²) >= 11 is 0. The normalized spacial score (nSPS) is 18.7. The number of likely N-dealkylation sites (tertiary alicyclic amines) is 1. The van der Waals surface area contributed by atoms with Crippen molar-refractivity contribution in [2.45, 2.75) is 57.4 Å². The molecule has 166 valence electrons. The number of hydrogen-bond donors (Lipinski definition) is 3. The third kappa shape index (κ3) is 7.94. The Balaban J connectivity index is 1.23. The van der Waals surface area contributed by atoms with Gasteiger partial charge in [-0.2, -0.15) is 0 Å². The Morgan fingerprint density at radius 2 is 1.73 bits per heavy atom. The Labute approximate surface area is 179 Å². The smallest absolute Gasteiger partial charge is 0.315 e. The van der Waals surface area contributed by atoms with E-state index in [1.165, 1.54) is 50.8 Å². The minimum atomic E-state index is -0.349. The number of nitrogens with zero attached hydrogens (tertiary/aromatic N) is 1. The van der Waals surface area contributed by atoms with Crippen LogP contribution in [-0.4, -0.2) is 55.6 Å². The number of benzene rings is 1. The highest BCUT2D eigenvalue weighted by Gasteiger charge is 2.23. The van der Waals surface area contributed by atoms with Crippen LogP contribution in [0.5, 0.6) is 0 Å². The summed E-state index contributed by atoms with van der Waals surface area (Å²) in [5, 5.41) is 8.59. The van der Waals surface area contributed by atoms with Gasteiger partial charge >= 0.3 is 6.03 Å². The standard InChI is InChI=1S/C23H35FN4O2/c24-20-8-4-7-19(15-20)16-22(29)25-11-12-26-23(30)27-21-9-13-28(14-10-21)17-18-5-2-1-3-6-18/h4,7-8,15,18,21H,1-3,5-6,9-14,16-17H2,(H,25,29)(H2,26,27,30). The van der Waals surface area contributed by atoms with Crippen LogP contribution in [0.4, 0.5) is 9.18 Å². The number of amides is 3. The highest BCUT2D eigenvalue weighted by molar-refractivity contribution is 5.78. The minimum Gasteiger partial charge on any atom is -0.354 e. The van der Waals surface area contributed by atoms with E-state index < -0.39 is 0 Å². The van der Waals surface area contributed by atoms with Crippen LogP contribution in [0.1, 0.15) is 50.5 Å². The first-order valence-corrected chi connectivity index (χ1v) is 11.4. The van der Waals surface area contributed by atoms with Gasteiger partial charge in [0.2, 0.25) is 5.91 Å². The molecule has 3 N–H and O–H groups in total. The van der Waals surface area contributed by atoms with Gasteiger partial charge < -0.3 is 20.9 Å². The van der Waals surface area contributed by atoms with Crippen LogP contribution in [-0.2, 0) is 11.2 Å². The number of urea groups is 1. The van der Waals surface area contributed by atoms with Gasteiger partial charge in [0.1, 0.15) is 5.82 Å². The molecule has 0 radical (unpaired) electrons. The molecule has 0 aromatic heterocycles. The maximum Gasteiger partial charge on any atom is 0.315 e. The molecule has 1 heterocycles. The van der Waals surface area contributed by atoms with E-state index in [-0.39, 0.29) is 30.2 Å². The molecule has 1 aliphatic heterocycles. The van der Waals surface area contributed by atoms with Gasteiger partial charge in [-0.05, 0) is 49.3 Å². The summed E-state index contributed by atoms with van der Waals surface area (Å²) in [7, 11) is 0. The lowest BCUT2D eigenvalue weighted by molar-refractivity contribution is -0.120. The van der Waals surface area contributed by atoms with Crippen molar-refractivity contribution in [3.05, 3.63) is 35.6 Å². The Morgan fingerprint density at radius 1 is 1.00 bits per heavy atom. The number of rotatable bonds is 8. The average molecular weight is 419 g/mol. The van der Waals surface area contributed by atoms with Crippen LogP contribution in [0.15, 0.2) is 24.3 Å². The van der Waals surface area contributed by atoms with E-state index in [1.54, 1.807) is 12.1 Å². The second kappa shape index (κ2) is 11.9. The van der Waals surface area contributed by atoms with Crippen LogP contribution in [0, 0.1) is 11.7 Å². The van der Waals surface area contributed by atoms with Crippen molar-refractivity contribution in [3.8, 4) is 0 Å². The lowest BCUT2D eigenvalue weighted by Crippen LogP contribution is -2.49. The van der Waals surface area contributed by atoms with Crippen LogP contribution in [0.3, 0.4) is 0 Å². The third-order valence-electron chi connectivity index (χ3n) is 6.15. The first-order chi connectivity index (χ1) is 14.6. The van der Waals surface area contributed by atoms with Gasteiger partial charge in [-0.1, -0.05) is 31.4 Å². The summed E-state index contributed by atoms with van der Waals surface area (Å²) < 4.78 is 13.1. The van der Waals surface area contributed by atoms with Crippen molar-refractivity contribution in [2.24, 2.45) is 5.92 Å². The van der Waals surface area contributed by atoms with Crippen LogP contribution in [0.25, 0.3) is 0 Å². The Bertz CT molecular complexity index is 686. The molecule has 0 spiro atoms. The quantitative estimate of drug-likeness (QED) is 0.569. The van der Waals surface area contributed by atoms with E-state index in [1.807, 2.05) is 0 Å². The molecule has 2 aliphatic rings. The van der Waals surface area contributed by atoms with Crippen molar-refractivity contribution in [3.63, 3.8) is 0 Å². The predicted molar refractivity (Wildman–Crippen MR) is 116 cm³/mol. The average Bonchev–Trinajstić information content (AvgIpc) is 2.73. The number of piperidine rings is 1. The molecular weight excluding hydrogens is 383 g/mol. The van der Waals surface area contributed by atoms with Crippen LogP contribution >= 0.6 is 0 Å². The number of carbonyl (C=O) groups excluding carboxylic acids is 2. The van der Waals surface area contributed by atoms with Gasteiger partial charge in [0, 0.05) is 38.8 Å². The van der Waals surface area contributed by atoms with E-state index in [0.29, 0.717) is 18.7 Å². The van der Waals surface area contributed by atoms with Crippen molar-refractivity contribution < 1.29 is 14.0 Å². The molecule has 30 heavy (non-hydrogen) atoms. The largest absolute Gasteiger partial charge is 0.354 e. The van der Waals surface area contributed by atoms with Gasteiger partial charge in [-0.25, -0.2) is 9.18 Å². The van der Waals surface area contributed by atoms with E-state index in [9.17, 15) is 14.0 Å². The van der Waals surface area contributed by atoms with Crippen LogP contribution < -0.4 is 16.0 Å². The van der Waals surface area contributed by atoms with Crippen molar-refractivity contribution >= 4 is 11.9 Å². The van der Waals surface area contributed by atoms with Gasteiger partial charge in [0.05, 0.1) is 6.42 Å². The van der Waals surface area contributed by atoms with Crippen LogP contribution in [0.2, 0.25) is 0 Å². The lowest BCUT2D eigenvalue weighted by Gasteiger charge is -2.35. The number of carbonyl (C=O) groups is 2. The second-order valence-electron chi connectivity index (χ2n) is 8.64. The summed E-state index contributed by atoms with van der Waals surface area (Å²) in [4.78, 5) is 26.5. The SMILES string of the molecule is O=C(Cc1cccc(F)c1)NCCNC(=O)NC1CCN(CC2CCCCC2)CC1. The van der Waals surface area contributed by atoms with Gasteiger partial charge in [0.15, 0.2) is 0 Å². The number of hydrogen-bond acceptors (Lipinski definition) is 3. The molecule has 3 rings (SSSR count). The van der Waals surface area contributed by atoms with Crippen molar-refractivity contribution in [1.82, 2.24) is 20.9 Å². The Hall–Kier alpha value is -2.15. The first kappa shape index (κ1) is 22.5. The molecule has 0 atom stereocenters. The molecular formula is C23H35FN4O2. The molecule has 6 nitrogen and oxygen atoms in total. The molecule has 1 aromatic carbocycles. The number of halogens is 1. The first-order valence-electron chi connectivity index (χ1n) is 11.4. The zero-order chi connectivity index (χ0) is 21.2. The Kier molecular flexibility index (Phi) is 8.93. The fourth-order valence-electron chi connectivity index (χ4n) is 4.50. The molecule has 1 saturated heterocycles. The molecule has 0 unspecified atom stereocenters. The van der Waals surface area contributed by atoms with Crippen molar-refractivity contribution in [1.29, 1.82) is 0 Å². The van der Waals surface area contributed by atoms with E-state index >= 15 is 0 Å². The van der Waals surface area contributed by atoms with E-state index in [4.69, 9.17) is 0 Å². The summed E-state index contributed by atoms with van der Waals surface area (Å²) in [5.41, 5.74) is 0.632. The van der Waals surface area contributed by atoms with Crippen molar-refractivity contribution in [2.75, 3.05) is 32.7 Å². The topological polar surface area (TPSA) is 73.5 Å². The molecule has 1 aromatic rings.